The molecule has 0 radical (unpaired) electrons. The van der Waals surface area contributed by atoms with Gasteiger partial charge in [-0.3, -0.25) is 14.4 Å². The lowest BCUT2D eigenvalue weighted by atomic mass is 9.95. The molecule has 4 rings (SSSR count). The Morgan fingerprint density at radius 3 is 2.59 bits per heavy atom. The number of carbonyl (C=O) groups excluding carboxylic acids is 3. The summed E-state index contributed by atoms with van der Waals surface area (Å²) in [4.78, 5) is 40.1. The molecule has 1 spiro atoms. The Morgan fingerprint density at radius 1 is 1.28 bits per heavy atom. The fourth-order valence-electron chi connectivity index (χ4n) is 4.01. The fraction of sp³-hybridized carbons (Fsp3) is 0.600. The zero-order valence-corrected chi connectivity index (χ0v) is 16.7. The molecular weight excluding hydrogens is 394 g/mol. The van der Waals surface area contributed by atoms with Crippen molar-refractivity contribution in [2.45, 2.75) is 62.6 Å². The summed E-state index contributed by atoms with van der Waals surface area (Å²) in [6, 6.07) is 3.70. The van der Waals surface area contributed by atoms with Crippen LogP contribution >= 0.6 is 11.6 Å². The van der Waals surface area contributed by atoms with Crippen molar-refractivity contribution in [3.05, 3.63) is 23.0 Å². The summed E-state index contributed by atoms with van der Waals surface area (Å²) >= 11 is 5.82. The van der Waals surface area contributed by atoms with Crippen LogP contribution in [-0.2, 0) is 9.59 Å². The molecule has 3 fully saturated rings. The minimum Gasteiger partial charge on any atom is -0.350 e. The van der Waals surface area contributed by atoms with Gasteiger partial charge >= 0.3 is 0 Å². The second-order valence-corrected chi connectivity index (χ2v) is 8.93. The molecule has 29 heavy (non-hydrogen) atoms. The normalized spacial score (nSPS) is 23.7. The SMILES string of the molecule is N#C[C@H](C[C@@H]1CC2(CC2)NC1=O)NC(=O)[C@H](CC1CC1)NC(=O)c1ccc(Cl)[nH]1. The van der Waals surface area contributed by atoms with Gasteiger partial charge in [-0.1, -0.05) is 24.4 Å². The van der Waals surface area contributed by atoms with Crippen molar-refractivity contribution < 1.29 is 14.4 Å². The number of hydrogen-bond donors (Lipinski definition) is 4. The number of halogens is 1. The van der Waals surface area contributed by atoms with Gasteiger partial charge in [-0.15, -0.1) is 0 Å². The molecule has 1 aromatic heterocycles. The molecule has 3 atom stereocenters. The monoisotopic (exact) mass is 417 g/mol. The van der Waals surface area contributed by atoms with E-state index in [4.69, 9.17) is 11.6 Å². The van der Waals surface area contributed by atoms with E-state index in [1.807, 2.05) is 0 Å². The van der Waals surface area contributed by atoms with Gasteiger partial charge in [-0.05, 0) is 50.2 Å². The molecule has 154 valence electrons. The van der Waals surface area contributed by atoms with Crippen LogP contribution in [0.1, 0.15) is 55.4 Å². The van der Waals surface area contributed by atoms with Gasteiger partial charge in [0.05, 0.1) is 6.07 Å². The Morgan fingerprint density at radius 2 is 2.03 bits per heavy atom. The Hall–Kier alpha value is -2.53. The summed E-state index contributed by atoms with van der Waals surface area (Å²) < 4.78 is 0. The maximum absolute atomic E-state index is 12.8. The number of nitrogens with one attached hydrogen (secondary N) is 4. The van der Waals surface area contributed by atoms with E-state index in [0.29, 0.717) is 17.5 Å². The van der Waals surface area contributed by atoms with E-state index < -0.39 is 23.9 Å². The highest BCUT2D eigenvalue weighted by Crippen LogP contribution is 2.46. The first-order valence-electron chi connectivity index (χ1n) is 10.0. The van der Waals surface area contributed by atoms with Gasteiger partial charge in [0.15, 0.2) is 0 Å². The van der Waals surface area contributed by atoms with Crippen LogP contribution in [0.2, 0.25) is 5.15 Å². The van der Waals surface area contributed by atoms with Crippen LogP contribution in [-0.4, -0.2) is 40.3 Å². The number of H-pyrrole nitrogens is 1. The zero-order valence-electron chi connectivity index (χ0n) is 16.0. The average Bonchev–Trinajstić information content (AvgIpc) is 3.58. The van der Waals surface area contributed by atoms with E-state index >= 15 is 0 Å². The summed E-state index contributed by atoms with van der Waals surface area (Å²) in [6.07, 6.45) is 5.55. The van der Waals surface area contributed by atoms with Crippen molar-refractivity contribution in [1.82, 2.24) is 20.9 Å². The fourth-order valence-corrected chi connectivity index (χ4v) is 4.17. The molecule has 3 aliphatic rings. The molecule has 0 aromatic carbocycles. The molecule has 9 heteroatoms. The molecule has 2 saturated carbocycles. The number of amides is 3. The van der Waals surface area contributed by atoms with E-state index in [0.717, 1.165) is 32.1 Å². The zero-order chi connectivity index (χ0) is 20.6. The first-order chi connectivity index (χ1) is 13.9. The lowest BCUT2D eigenvalue weighted by molar-refractivity contribution is -0.125. The Balaban J connectivity index is 1.36. The molecule has 2 heterocycles. The van der Waals surface area contributed by atoms with E-state index in [1.54, 1.807) is 12.1 Å². The third-order valence-corrected chi connectivity index (χ3v) is 6.25. The Labute approximate surface area is 173 Å². The summed E-state index contributed by atoms with van der Waals surface area (Å²) in [5, 5.41) is 18.3. The van der Waals surface area contributed by atoms with Gasteiger partial charge in [0, 0.05) is 11.5 Å². The van der Waals surface area contributed by atoms with Crippen LogP contribution in [0.3, 0.4) is 0 Å². The van der Waals surface area contributed by atoms with Gasteiger partial charge < -0.3 is 20.9 Å². The predicted molar refractivity (Wildman–Crippen MR) is 105 cm³/mol. The van der Waals surface area contributed by atoms with Gasteiger partial charge in [-0.2, -0.15) is 5.26 Å². The molecule has 2 aliphatic carbocycles. The van der Waals surface area contributed by atoms with Gasteiger partial charge in [0.2, 0.25) is 11.8 Å². The summed E-state index contributed by atoms with van der Waals surface area (Å²) in [7, 11) is 0. The maximum Gasteiger partial charge on any atom is 0.268 e. The molecule has 1 aliphatic heterocycles. The van der Waals surface area contributed by atoms with Crippen molar-refractivity contribution in [1.29, 1.82) is 5.26 Å². The topological polar surface area (TPSA) is 127 Å². The van der Waals surface area contributed by atoms with E-state index in [2.05, 4.69) is 27.0 Å². The molecule has 0 unspecified atom stereocenters. The van der Waals surface area contributed by atoms with Crippen molar-refractivity contribution in [3.63, 3.8) is 0 Å². The molecular formula is C20H24ClN5O3. The second-order valence-electron chi connectivity index (χ2n) is 8.52. The third-order valence-electron chi connectivity index (χ3n) is 6.03. The molecule has 3 amide bonds. The van der Waals surface area contributed by atoms with Crippen molar-refractivity contribution >= 4 is 29.3 Å². The van der Waals surface area contributed by atoms with Crippen LogP contribution in [0.25, 0.3) is 0 Å². The highest BCUT2D eigenvalue weighted by molar-refractivity contribution is 6.29. The standard InChI is InChI=1S/C20H24ClN5O3/c21-16-4-3-14(24-16)18(28)25-15(7-11-1-2-11)19(29)23-13(10-22)8-12-9-20(5-6-20)26-17(12)27/h3-4,11-13,15,24H,1-2,5-9H2,(H,23,29)(H,25,28)(H,26,27)/t12-,13+,15+/m1/s1. The number of carbonyl (C=O) groups is 3. The second kappa shape index (κ2) is 7.71. The largest absolute Gasteiger partial charge is 0.350 e. The molecule has 1 aromatic rings. The van der Waals surface area contributed by atoms with Gasteiger partial charge in [0.1, 0.15) is 22.9 Å². The molecule has 1 saturated heterocycles. The number of aromatic nitrogens is 1. The minimum atomic E-state index is -0.773. The first kappa shape index (κ1) is 19.8. The molecule has 4 N–H and O–H groups in total. The molecule has 8 nitrogen and oxygen atoms in total. The minimum absolute atomic E-state index is 0.0385. The quantitative estimate of drug-likeness (QED) is 0.512. The van der Waals surface area contributed by atoms with Gasteiger partial charge in [0.25, 0.3) is 5.91 Å². The van der Waals surface area contributed by atoms with Gasteiger partial charge in [-0.25, -0.2) is 0 Å². The number of nitriles is 1. The van der Waals surface area contributed by atoms with Crippen molar-refractivity contribution in [2.75, 3.05) is 0 Å². The summed E-state index contributed by atoms with van der Waals surface area (Å²) in [6.45, 7) is 0. The smallest absolute Gasteiger partial charge is 0.268 e. The number of nitrogens with zero attached hydrogens (tertiary/aromatic N) is 1. The number of rotatable bonds is 8. The van der Waals surface area contributed by atoms with Crippen molar-refractivity contribution in [3.8, 4) is 6.07 Å². The average molecular weight is 418 g/mol. The number of aromatic amines is 1. The van der Waals surface area contributed by atoms with E-state index in [1.165, 1.54) is 0 Å². The lowest BCUT2D eigenvalue weighted by Crippen LogP contribution is -2.50. The Bertz CT molecular complexity index is 868. The highest BCUT2D eigenvalue weighted by Gasteiger charge is 2.52. The van der Waals surface area contributed by atoms with Crippen LogP contribution < -0.4 is 16.0 Å². The number of hydrogen-bond acceptors (Lipinski definition) is 4. The molecule has 0 bridgehead atoms. The van der Waals surface area contributed by atoms with Crippen LogP contribution in [0.15, 0.2) is 12.1 Å². The van der Waals surface area contributed by atoms with E-state index in [-0.39, 0.29) is 29.5 Å². The third kappa shape index (κ3) is 4.73. The van der Waals surface area contributed by atoms with Crippen LogP contribution in [0, 0.1) is 23.2 Å². The lowest BCUT2D eigenvalue weighted by Gasteiger charge is -2.21. The van der Waals surface area contributed by atoms with Crippen molar-refractivity contribution in [2.24, 2.45) is 11.8 Å². The Kier molecular flexibility index (Phi) is 5.26. The summed E-state index contributed by atoms with van der Waals surface area (Å²) in [5.41, 5.74) is 0.212. The first-order valence-corrected chi connectivity index (χ1v) is 10.4. The van der Waals surface area contributed by atoms with Crippen LogP contribution in [0.5, 0.6) is 0 Å². The maximum atomic E-state index is 12.8. The summed E-state index contributed by atoms with van der Waals surface area (Å²) in [5.74, 6) is -0.719. The highest BCUT2D eigenvalue weighted by atomic mass is 35.5. The van der Waals surface area contributed by atoms with E-state index in [9.17, 15) is 19.6 Å². The van der Waals surface area contributed by atoms with Crippen LogP contribution in [0.4, 0.5) is 0 Å². The predicted octanol–water partition coefficient (Wildman–Crippen LogP) is 1.63.